The highest BCUT2D eigenvalue weighted by Gasteiger charge is 2.21. The van der Waals surface area contributed by atoms with Crippen LogP contribution in [0.2, 0.25) is 5.02 Å². The summed E-state index contributed by atoms with van der Waals surface area (Å²) < 4.78 is 0. The monoisotopic (exact) mass is 333 g/mol. The van der Waals surface area contributed by atoms with Crippen LogP contribution < -0.4 is 0 Å². The third-order valence-electron chi connectivity index (χ3n) is 3.97. The van der Waals surface area contributed by atoms with Gasteiger partial charge < -0.3 is 9.80 Å². The highest BCUT2D eigenvalue weighted by molar-refractivity contribution is 6.30. The molecule has 5 nitrogen and oxygen atoms in total. The number of benzene rings is 1. The van der Waals surface area contributed by atoms with Gasteiger partial charge in [-0.2, -0.15) is 5.26 Å². The first-order valence-electron chi connectivity index (χ1n) is 7.77. The van der Waals surface area contributed by atoms with Gasteiger partial charge in [0.25, 0.3) is 0 Å². The Kier molecular flexibility index (Phi) is 6.42. The second-order valence-electron chi connectivity index (χ2n) is 5.58. The maximum absolute atomic E-state index is 12.3. The molecule has 0 unspecified atom stereocenters. The molecule has 0 N–H and O–H groups in total. The number of rotatable bonds is 4. The third-order valence-corrected chi connectivity index (χ3v) is 4.22. The van der Waals surface area contributed by atoms with E-state index in [1.807, 2.05) is 35.2 Å². The summed E-state index contributed by atoms with van der Waals surface area (Å²) in [5, 5.41) is 9.29. The van der Waals surface area contributed by atoms with E-state index in [1.54, 1.807) is 4.90 Å². The standard InChI is InChI=1S/C17H20ClN3O2/c18-15-5-2-14(3-6-15)4-7-16(22)20-10-1-11-21(13-12-20)17(23)8-9-19/h2-3,5-6H,1,4,7-8,10-13H2. The number of carbonyl (C=O) groups excluding carboxylic acids is 2. The summed E-state index contributed by atoms with van der Waals surface area (Å²) in [6.07, 6.45) is 1.80. The topological polar surface area (TPSA) is 64.4 Å². The molecule has 1 fully saturated rings. The lowest BCUT2D eigenvalue weighted by Crippen LogP contribution is -2.37. The van der Waals surface area contributed by atoms with Gasteiger partial charge in [0.1, 0.15) is 6.42 Å². The maximum atomic E-state index is 12.3. The zero-order valence-corrected chi connectivity index (χ0v) is 13.8. The van der Waals surface area contributed by atoms with Crippen LogP contribution in [0.5, 0.6) is 0 Å². The maximum Gasteiger partial charge on any atom is 0.236 e. The van der Waals surface area contributed by atoms with Crippen molar-refractivity contribution in [1.29, 1.82) is 5.26 Å². The van der Waals surface area contributed by atoms with Gasteiger partial charge in [0.15, 0.2) is 0 Å². The fourth-order valence-electron chi connectivity index (χ4n) is 2.66. The number of aryl methyl sites for hydroxylation is 1. The van der Waals surface area contributed by atoms with Crippen LogP contribution in [-0.4, -0.2) is 47.8 Å². The fourth-order valence-corrected chi connectivity index (χ4v) is 2.78. The summed E-state index contributed by atoms with van der Waals surface area (Å²) in [5.41, 5.74) is 1.09. The van der Waals surface area contributed by atoms with E-state index in [0.717, 1.165) is 12.0 Å². The molecule has 0 aromatic heterocycles. The summed E-state index contributed by atoms with van der Waals surface area (Å²) in [5.74, 6) is -0.0440. The molecule has 1 saturated heterocycles. The van der Waals surface area contributed by atoms with Gasteiger partial charge in [0.2, 0.25) is 11.8 Å². The van der Waals surface area contributed by atoms with Crippen LogP contribution in [0.25, 0.3) is 0 Å². The van der Waals surface area contributed by atoms with E-state index in [1.165, 1.54) is 0 Å². The summed E-state index contributed by atoms with van der Waals surface area (Å²) in [4.78, 5) is 27.6. The predicted molar refractivity (Wildman–Crippen MR) is 87.8 cm³/mol. The molecule has 23 heavy (non-hydrogen) atoms. The van der Waals surface area contributed by atoms with Gasteiger partial charge in [-0.1, -0.05) is 23.7 Å². The summed E-state index contributed by atoms with van der Waals surface area (Å²) in [7, 11) is 0. The second kappa shape index (κ2) is 8.54. The van der Waals surface area contributed by atoms with Gasteiger partial charge in [-0.25, -0.2) is 0 Å². The number of carbonyl (C=O) groups is 2. The molecule has 0 bridgehead atoms. The summed E-state index contributed by atoms with van der Waals surface area (Å²) in [6.45, 7) is 2.32. The van der Waals surface area contributed by atoms with Gasteiger partial charge in [0.05, 0.1) is 6.07 Å². The van der Waals surface area contributed by atoms with Crippen LogP contribution in [0.15, 0.2) is 24.3 Å². The Balaban J connectivity index is 1.82. The van der Waals surface area contributed by atoms with Crippen molar-refractivity contribution in [1.82, 2.24) is 9.80 Å². The molecule has 0 saturated carbocycles. The molecule has 1 aromatic rings. The van der Waals surface area contributed by atoms with E-state index >= 15 is 0 Å². The van der Waals surface area contributed by atoms with E-state index in [0.29, 0.717) is 44.0 Å². The van der Waals surface area contributed by atoms with Crippen LogP contribution in [0.3, 0.4) is 0 Å². The smallest absolute Gasteiger partial charge is 0.236 e. The molecule has 1 aliphatic heterocycles. The van der Waals surface area contributed by atoms with Gasteiger partial charge in [-0.15, -0.1) is 0 Å². The van der Waals surface area contributed by atoms with E-state index in [9.17, 15) is 9.59 Å². The van der Waals surface area contributed by atoms with E-state index < -0.39 is 0 Å². The lowest BCUT2D eigenvalue weighted by Gasteiger charge is -2.21. The average molecular weight is 334 g/mol. The molecule has 1 aromatic carbocycles. The molecular formula is C17H20ClN3O2. The zero-order valence-electron chi connectivity index (χ0n) is 13.0. The molecule has 1 aliphatic rings. The molecule has 1 heterocycles. The van der Waals surface area contributed by atoms with Crippen molar-refractivity contribution in [3.8, 4) is 6.07 Å². The highest BCUT2D eigenvalue weighted by atomic mass is 35.5. The van der Waals surface area contributed by atoms with E-state index in [2.05, 4.69) is 0 Å². The van der Waals surface area contributed by atoms with Crippen molar-refractivity contribution in [2.24, 2.45) is 0 Å². The normalized spacial score (nSPS) is 15.0. The Morgan fingerprint density at radius 2 is 1.65 bits per heavy atom. The molecule has 0 spiro atoms. The minimum Gasteiger partial charge on any atom is -0.341 e. The molecule has 2 rings (SSSR count). The van der Waals surface area contributed by atoms with Crippen LogP contribution in [0.4, 0.5) is 0 Å². The summed E-state index contributed by atoms with van der Waals surface area (Å²) >= 11 is 5.85. The van der Waals surface area contributed by atoms with Crippen molar-refractivity contribution in [2.75, 3.05) is 26.2 Å². The Labute approximate surface area is 141 Å². The summed E-state index contributed by atoms with van der Waals surface area (Å²) in [6, 6.07) is 9.39. The van der Waals surface area contributed by atoms with Crippen molar-refractivity contribution in [3.05, 3.63) is 34.9 Å². The minimum absolute atomic E-state index is 0.0927. The Hall–Kier alpha value is -2.06. The van der Waals surface area contributed by atoms with E-state index in [4.69, 9.17) is 16.9 Å². The first-order chi connectivity index (χ1) is 11.1. The average Bonchev–Trinajstić information content (AvgIpc) is 2.80. The van der Waals surface area contributed by atoms with Crippen LogP contribution in [0.1, 0.15) is 24.8 Å². The predicted octanol–water partition coefficient (Wildman–Crippen LogP) is 2.25. The number of halogens is 1. The highest BCUT2D eigenvalue weighted by Crippen LogP contribution is 2.12. The lowest BCUT2D eigenvalue weighted by atomic mass is 10.1. The molecule has 122 valence electrons. The molecule has 6 heteroatoms. The number of nitriles is 1. The Bertz CT molecular complexity index is 595. The molecule has 0 atom stereocenters. The van der Waals surface area contributed by atoms with E-state index in [-0.39, 0.29) is 18.2 Å². The lowest BCUT2D eigenvalue weighted by molar-refractivity contribution is -0.133. The van der Waals surface area contributed by atoms with Crippen molar-refractivity contribution < 1.29 is 9.59 Å². The van der Waals surface area contributed by atoms with Crippen LogP contribution in [-0.2, 0) is 16.0 Å². The van der Waals surface area contributed by atoms with Crippen molar-refractivity contribution >= 4 is 23.4 Å². The minimum atomic E-state index is -0.150. The van der Waals surface area contributed by atoms with Gasteiger partial charge in [-0.05, 0) is 30.5 Å². The second-order valence-corrected chi connectivity index (χ2v) is 6.01. The van der Waals surface area contributed by atoms with Crippen molar-refractivity contribution in [3.63, 3.8) is 0 Å². The fraction of sp³-hybridized carbons (Fsp3) is 0.471. The van der Waals surface area contributed by atoms with Gasteiger partial charge >= 0.3 is 0 Å². The van der Waals surface area contributed by atoms with Gasteiger partial charge in [-0.3, -0.25) is 9.59 Å². The van der Waals surface area contributed by atoms with Gasteiger partial charge in [0, 0.05) is 37.6 Å². The van der Waals surface area contributed by atoms with Crippen LogP contribution in [0, 0.1) is 11.3 Å². The number of hydrogen-bond donors (Lipinski definition) is 0. The third kappa shape index (κ3) is 5.26. The van der Waals surface area contributed by atoms with Crippen LogP contribution >= 0.6 is 11.6 Å². The molecular weight excluding hydrogens is 314 g/mol. The number of amides is 2. The molecule has 0 aliphatic carbocycles. The number of hydrogen-bond acceptors (Lipinski definition) is 3. The largest absolute Gasteiger partial charge is 0.341 e. The molecule has 2 amide bonds. The first-order valence-corrected chi connectivity index (χ1v) is 8.15. The zero-order chi connectivity index (χ0) is 16.7. The van der Waals surface area contributed by atoms with Crippen molar-refractivity contribution in [2.45, 2.75) is 25.7 Å². The Morgan fingerprint density at radius 3 is 2.26 bits per heavy atom. The SMILES string of the molecule is N#CCC(=O)N1CCCN(C(=O)CCc2ccc(Cl)cc2)CC1. The Morgan fingerprint density at radius 1 is 1.04 bits per heavy atom. The quantitative estimate of drug-likeness (QED) is 0.848. The first kappa shape index (κ1) is 17.3. The number of nitrogens with zero attached hydrogens (tertiary/aromatic N) is 3. The molecule has 0 radical (unpaired) electrons.